The zero-order chi connectivity index (χ0) is 13.8. The van der Waals surface area contributed by atoms with Crippen LogP contribution in [0.2, 0.25) is 5.02 Å². The zero-order valence-electron chi connectivity index (χ0n) is 10.4. The van der Waals surface area contributed by atoms with Crippen LogP contribution in [-0.4, -0.2) is 4.92 Å². The van der Waals surface area contributed by atoms with Crippen LogP contribution in [0.3, 0.4) is 0 Å². The van der Waals surface area contributed by atoms with Gasteiger partial charge in [-0.2, -0.15) is 0 Å². The molecule has 0 fully saturated rings. The summed E-state index contributed by atoms with van der Waals surface area (Å²) in [6.45, 7) is 2.47. The zero-order valence-corrected chi connectivity index (χ0v) is 11.1. The smallest absolute Gasteiger partial charge is 0.269 e. The Morgan fingerprint density at radius 3 is 2.79 bits per heavy atom. The second-order valence-electron chi connectivity index (χ2n) is 4.26. The van der Waals surface area contributed by atoms with Crippen molar-refractivity contribution in [2.24, 2.45) is 0 Å². The molecule has 0 radical (unpaired) electrons. The second kappa shape index (κ2) is 5.71. The van der Waals surface area contributed by atoms with E-state index in [0.717, 1.165) is 16.8 Å². The van der Waals surface area contributed by atoms with Crippen LogP contribution in [0.15, 0.2) is 42.5 Å². The van der Waals surface area contributed by atoms with Gasteiger partial charge in [-0.1, -0.05) is 29.8 Å². The van der Waals surface area contributed by atoms with Crippen molar-refractivity contribution in [1.82, 2.24) is 0 Å². The van der Waals surface area contributed by atoms with E-state index in [1.54, 1.807) is 12.1 Å². The van der Waals surface area contributed by atoms with Gasteiger partial charge in [0.05, 0.1) is 15.6 Å². The third-order valence-corrected chi connectivity index (χ3v) is 3.06. The van der Waals surface area contributed by atoms with Crippen molar-refractivity contribution in [2.75, 3.05) is 5.32 Å². The van der Waals surface area contributed by atoms with Crippen LogP contribution in [0.25, 0.3) is 0 Å². The predicted molar refractivity (Wildman–Crippen MR) is 76.6 cm³/mol. The van der Waals surface area contributed by atoms with Gasteiger partial charge in [-0.25, -0.2) is 0 Å². The Labute approximate surface area is 116 Å². The number of nitrogens with zero attached hydrogens (tertiary/aromatic N) is 1. The summed E-state index contributed by atoms with van der Waals surface area (Å²) in [5, 5.41) is 14.5. The number of aryl methyl sites for hydroxylation is 1. The number of nitro benzene ring substituents is 1. The Balaban J connectivity index is 2.12. The molecular formula is C14H13ClN2O2. The molecule has 0 aliphatic carbocycles. The van der Waals surface area contributed by atoms with E-state index >= 15 is 0 Å². The molecule has 0 heterocycles. The summed E-state index contributed by atoms with van der Waals surface area (Å²) in [5.41, 5.74) is 2.86. The molecule has 0 amide bonds. The van der Waals surface area contributed by atoms with E-state index < -0.39 is 4.92 Å². The molecule has 0 saturated heterocycles. The number of benzene rings is 2. The monoisotopic (exact) mass is 276 g/mol. The quantitative estimate of drug-likeness (QED) is 0.673. The lowest BCUT2D eigenvalue weighted by Gasteiger charge is -2.09. The molecule has 0 bridgehead atoms. The molecule has 0 atom stereocenters. The molecule has 2 rings (SSSR count). The molecule has 0 aliphatic heterocycles. The summed E-state index contributed by atoms with van der Waals surface area (Å²) < 4.78 is 0. The van der Waals surface area contributed by atoms with Gasteiger partial charge in [0.1, 0.15) is 0 Å². The van der Waals surface area contributed by atoms with E-state index in [9.17, 15) is 10.1 Å². The van der Waals surface area contributed by atoms with Crippen molar-refractivity contribution in [3.63, 3.8) is 0 Å². The minimum atomic E-state index is -0.400. The van der Waals surface area contributed by atoms with Crippen molar-refractivity contribution < 1.29 is 4.92 Å². The fourth-order valence-corrected chi connectivity index (χ4v) is 1.94. The van der Waals surface area contributed by atoms with Gasteiger partial charge < -0.3 is 5.32 Å². The fraction of sp³-hybridized carbons (Fsp3) is 0.143. The van der Waals surface area contributed by atoms with Crippen molar-refractivity contribution in [3.05, 3.63) is 68.7 Å². The number of hydrogen-bond donors (Lipinski definition) is 1. The highest BCUT2D eigenvalue weighted by molar-refractivity contribution is 6.33. The molecule has 5 heteroatoms. The number of non-ortho nitro benzene ring substituents is 1. The number of nitrogens with one attached hydrogen (secondary N) is 1. The van der Waals surface area contributed by atoms with Crippen LogP contribution >= 0.6 is 11.6 Å². The summed E-state index contributed by atoms with van der Waals surface area (Å²) in [4.78, 5) is 10.3. The van der Waals surface area contributed by atoms with E-state index in [-0.39, 0.29) is 5.69 Å². The highest BCUT2D eigenvalue weighted by Crippen LogP contribution is 2.23. The third kappa shape index (κ3) is 3.45. The van der Waals surface area contributed by atoms with Gasteiger partial charge in [0.25, 0.3) is 5.69 Å². The highest BCUT2D eigenvalue weighted by atomic mass is 35.5. The van der Waals surface area contributed by atoms with Gasteiger partial charge in [-0.05, 0) is 30.2 Å². The first-order valence-corrected chi connectivity index (χ1v) is 6.17. The normalized spacial score (nSPS) is 10.2. The minimum absolute atomic E-state index is 0.0923. The van der Waals surface area contributed by atoms with E-state index in [1.807, 2.05) is 31.2 Å². The maximum atomic E-state index is 10.7. The lowest BCUT2D eigenvalue weighted by molar-refractivity contribution is -0.384. The third-order valence-electron chi connectivity index (χ3n) is 2.73. The first-order chi connectivity index (χ1) is 9.06. The number of hydrogen-bond acceptors (Lipinski definition) is 3. The summed E-state index contributed by atoms with van der Waals surface area (Å²) in [6, 6.07) is 12.2. The van der Waals surface area contributed by atoms with Gasteiger partial charge in [0, 0.05) is 18.7 Å². The Hall–Kier alpha value is -2.07. The van der Waals surface area contributed by atoms with Crippen molar-refractivity contribution >= 4 is 23.0 Å². The van der Waals surface area contributed by atoms with Crippen LogP contribution in [0.1, 0.15) is 11.1 Å². The first-order valence-electron chi connectivity index (χ1n) is 5.79. The Morgan fingerprint density at radius 2 is 2.05 bits per heavy atom. The van der Waals surface area contributed by atoms with E-state index in [1.165, 1.54) is 6.07 Å². The lowest BCUT2D eigenvalue weighted by Crippen LogP contribution is -2.01. The summed E-state index contributed by atoms with van der Waals surface area (Å²) in [7, 11) is 0. The number of rotatable bonds is 4. The average molecular weight is 277 g/mol. The predicted octanol–water partition coefficient (Wildman–Crippen LogP) is 4.17. The summed E-state index contributed by atoms with van der Waals surface area (Å²) in [5.74, 6) is 0. The molecular weight excluding hydrogens is 264 g/mol. The second-order valence-corrected chi connectivity index (χ2v) is 4.67. The van der Waals surface area contributed by atoms with Gasteiger partial charge >= 0.3 is 0 Å². The van der Waals surface area contributed by atoms with E-state index in [2.05, 4.69) is 5.32 Å². The lowest BCUT2D eigenvalue weighted by atomic mass is 10.2. The molecule has 98 valence electrons. The van der Waals surface area contributed by atoms with Gasteiger partial charge in [-0.15, -0.1) is 0 Å². The van der Waals surface area contributed by atoms with Crippen LogP contribution in [0.4, 0.5) is 11.4 Å². The number of nitro groups is 1. The molecule has 19 heavy (non-hydrogen) atoms. The van der Waals surface area contributed by atoms with Crippen molar-refractivity contribution in [2.45, 2.75) is 13.5 Å². The van der Waals surface area contributed by atoms with E-state index in [4.69, 9.17) is 11.6 Å². The Morgan fingerprint density at radius 1 is 1.26 bits per heavy atom. The maximum Gasteiger partial charge on any atom is 0.269 e. The largest absolute Gasteiger partial charge is 0.380 e. The van der Waals surface area contributed by atoms with Crippen molar-refractivity contribution in [3.8, 4) is 0 Å². The molecule has 2 aromatic rings. The van der Waals surface area contributed by atoms with Gasteiger partial charge in [-0.3, -0.25) is 10.1 Å². The maximum absolute atomic E-state index is 10.7. The first kappa shape index (κ1) is 13.4. The molecule has 1 N–H and O–H groups in total. The average Bonchev–Trinajstić information content (AvgIpc) is 2.40. The van der Waals surface area contributed by atoms with Gasteiger partial charge in [0.15, 0.2) is 0 Å². The minimum Gasteiger partial charge on any atom is -0.380 e. The summed E-state index contributed by atoms with van der Waals surface area (Å²) in [6.07, 6.45) is 0. The van der Waals surface area contributed by atoms with Crippen LogP contribution in [0, 0.1) is 17.0 Å². The molecule has 4 nitrogen and oxygen atoms in total. The molecule has 0 spiro atoms. The number of halogens is 1. The molecule has 0 saturated carbocycles. The number of anilines is 1. The van der Waals surface area contributed by atoms with E-state index in [0.29, 0.717) is 11.6 Å². The standard InChI is InChI=1S/C14H13ClN2O2/c1-10-5-6-13(15)14(7-10)16-9-11-3-2-4-12(8-11)17(18)19/h2-8,16H,9H2,1H3. The fourth-order valence-electron chi connectivity index (χ4n) is 1.75. The molecule has 0 unspecified atom stereocenters. The molecule has 0 aromatic heterocycles. The highest BCUT2D eigenvalue weighted by Gasteiger charge is 2.06. The van der Waals surface area contributed by atoms with Gasteiger partial charge in [0.2, 0.25) is 0 Å². The van der Waals surface area contributed by atoms with Crippen molar-refractivity contribution in [1.29, 1.82) is 0 Å². The molecule has 0 aliphatic rings. The molecule has 2 aromatic carbocycles. The Bertz CT molecular complexity index is 614. The summed E-state index contributed by atoms with van der Waals surface area (Å²) >= 11 is 6.07. The Kier molecular flexibility index (Phi) is 4.02. The topological polar surface area (TPSA) is 55.2 Å². The van der Waals surface area contributed by atoms with Crippen LogP contribution < -0.4 is 5.32 Å². The van der Waals surface area contributed by atoms with Crippen LogP contribution in [-0.2, 0) is 6.54 Å². The SMILES string of the molecule is Cc1ccc(Cl)c(NCc2cccc([N+](=O)[O-])c2)c1. The van der Waals surface area contributed by atoms with Crippen LogP contribution in [0.5, 0.6) is 0 Å².